The second-order valence-corrected chi connectivity index (χ2v) is 4.57. The van der Waals surface area contributed by atoms with Crippen molar-refractivity contribution in [3.63, 3.8) is 0 Å². The number of carbonyl (C=O) groups is 1. The zero-order valence-corrected chi connectivity index (χ0v) is 11.5. The van der Waals surface area contributed by atoms with Crippen LogP contribution in [0.4, 0.5) is 5.69 Å². The first-order valence-electron chi connectivity index (χ1n) is 5.33. The van der Waals surface area contributed by atoms with E-state index in [9.17, 15) is 4.79 Å². The number of benzene rings is 1. The summed E-state index contributed by atoms with van der Waals surface area (Å²) in [7, 11) is 1.29. The molecule has 2 rings (SSSR count). The number of rotatable bonds is 2. The van der Waals surface area contributed by atoms with Crippen LogP contribution in [0.3, 0.4) is 0 Å². The van der Waals surface area contributed by atoms with Gasteiger partial charge in [-0.3, -0.25) is 0 Å². The fourth-order valence-electron chi connectivity index (χ4n) is 1.56. The predicted molar refractivity (Wildman–Crippen MR) is 75.4 cm³/mol. The van der Waals surface area contributed by atoms with Gasteiger partial charge in [-0.2, -0.15) is 0 Å². The molecule has 1 aromatic carbocycles. The SMILES string of the molecule is COC(=O)c1ccc(N)c(-c2ccc(Cl)c(Cl)c2)n1. The first kappa shape index (κ1) is 13.6. The third-order valence-corrected chi connectivity index (χ3v) is 3.25. The first-order chi connectivity index (χ1) is 9.02. The molecule has 0 unspecified atom stereocenters. The lowest BCUT2D eigenvalue weighted by Crippen LogP contribution is -2.06. The van der Waals surface area contributed by atoms with Crippen molar-refractivity contribution in [3.05, 3.63) is 46.1 Å². The molecule has 0 bridgehead atoms. The van der Waals surface area contributed by atoms with Crippen LogP contribution < -0.4 is 5.73 Å². The maximum atomic E-state index is 11.5. The average Bonchev–Trinajstić information content (AvgIpc) is 2.41. The molecule has 1 heterocycles. The normalized spacial score (nSPS) is 10.3. The van der Waals surface area contributed by atoms with Gasteiger partial charge in [-0.1, -0.05) is 29.3 Å². The van der Waals surface area contributed by atoms with E-state index < -0.39 is 5.97 Å². The van der Waals surface area contributed by atoms with Crippen LogP contribution >= 0.6 is 23.2 Å². The summed E-state index contributed by atoms with van der Waals surface area (Å²) in [6.45, 7) is 0. The minimum Gasteiger partial charge on any atom is -0.464 e. The second kappa shape index (κ2) is 5.47. The molecule has 0 amide bonds. The molecular formula is C13H10Cl2N2O2. The highest BCUT2D eigenvalue weighted by molar-refractivity contribution is 6.42. The number of hydrogen-bond acceptors (Lipinski definition) is 4. The highest BCUT2D eigenvalue weighted by atomic mass is 35.5. The lowest BCUT2D eigenvalue weighted by atomic mass is 10.1. The van der Waals surface area contributed by atoms with Gasteiger partial charge in [0.1, 0.15) is 5.69 Å². The Bertz CT molecular complexity index is 645. The Labute approximate surface area is 120 Å². The van der Waals surface area contributed by atoms with Crippen LogP contribution in [-0.2, 0) is 4.74 Å². The number of esters is 1. The molecule has 2 N–H and O–H groups in total. The summed E-state index contributed by atoms with van der Waals surface area (Å²) in [4.78, 5) is 15.6. The highest BCUT2D eigenvalue weighted by Crippen LogP contribution is 2.30. The molecule has 0 aliphatic heterocycles. The van der Waals surface area contributed by atoms with E-state index in [1.807, 2.05) is 0 Å². The molecule has 4 nitrogen and oxygen atoms in total. The molecular weight excluding hydrogens is 287 g/mol. The number of carbonyl (C=O) groups excluding carboxylic acids is 1. The van der Waals surface area contributed by atoms with Crippen molar-refractivity contribution in [2.45, 2.75) is 0 Å². The Morgan fingerprint density at radius 1 is 1.21 bits per heavy atom. The molecule has 0 fully saturated rings. The number of methoxy groups -OCH3 is 1. The van der Waals surface area contributed by atoms with Crippen molar-refractivity contribution in [1.29, 1.82) is 0 Å². The number of nitrogens with zero attached hydrogens (tertiary/aromatic N) is 1. The van der Waals surface area contributed by atoms with Crippen molar-refractivity contribution in [3.8, 4) is 11.3 Å². The van der Waals surface area contributed by atoms with Gasteiger partial charge in [-0.25, -0.2) is 9.78 Å². The molecule has 0 saturated carbocycles. The monoisotopic (exact) mass is 296 g/mol. The van der Waals surface area contributed by atoms with E-state index in [1.165, 1.54) is 13.2 Å². The lowest BCUT2D eigenvalue weighted by molar-refractivity contribution is 0.0594. The third-order valence-electron chi connectivity index (χ3n) is 2.51. The molecule has 0 spiro atoms. The maximum Gasteiger partial charge on any atom is 0.356 e. The van der Waals surface area contributed by atoms with Gasteiger partial charge in [0, 0.05) is 5.56 Å². The Kier molecular flexibility index (Phi) is 3.93. The van der Waals surface area contributed by atoms with Gasteiger partial charge in [-0.05, 0) is 24.3 Å². The molecule has 0 atom stereocenters. The Morgan fingerprint density at radius 3 is 2.58 bits per heavy atom. The summed E-state index contributed by atoms with van der Waals surface area (Å²) in [5.41, 5.74) is 7.61. The maximum absolute atomic E-state index is 11.5. The minimum atomic E-state index is -0.527. The standard InChI is InChI=1S/C13H10Cl2N2O2/c1-19-13(18)11-5-4-10(16)12(17-11)7-2-3-8(14)9(15)6-7/h2-6H,16H2,1H3. The zero-order valence-electron chi connectivity index (χ0n) is 9.98. The van der Waals surface area contributed by atoms with E-state index in [0.717, 1.165) is 0 Å². The summed E-state index contributed by atoms with van der Waals surface area (Å²) in [6, 6.07) is 8.11. The average molecular weight is 297 g/mol. The second-order valence-electron chi connectivity index (χ2n) is 3.75. The van der Waals surface area contributed by atoms with Crippen LogP contribution in [0.25, 0.3) is 11.3 Å². The quantitative estimate of drug-likeness (QED) is 0.862. The lowest BCUT2D eigenvalue weighted by Gasteiger charge is -2.08. The van der Waals surface area contributed by atoms with Crippen LogP contribution in [0.2, 0.25) is 10.0 Å². The van der Waals surface area contributed by atoms with Crippen molar-refractivity contribution in [1.82, 2.24) is 4.98 Å². The van der Waals surface area contributed by atoms with Gasteiger partial charge < -0.3 is 10.5 Å². The third kappa shape index (κ3) is 2.80. The number of nitrogen functional groups attached to an aromatic ring is 1. The molecule has 0 radical (unpaired) electrons. The molecule has 0 aliphatic carbocycles. The van der Waals surface area contributed by atoms with E-state index in [0.29, 0.717) is 27.0 Å². The van der Waals surface area contributed by atoms with Gasteiger partial charge in [-0.15, -0.1) is 0 Å². The summed E-state index contributed by atoms with van der Waals surface area (Å²) in [6.07, 6.45) is 0. The van der Waals surface area contributed by atoms with Crippen molar-refractivity contribution < 1.29 is 9.53 Å². The summed E-state index contributed by atoms with van der Waals surface area (Å²) in [5, 5.41) is 0.831. The number of aromatic nitrogens is 1. The van der Waals surface area contributed by atoms with Crippen molar-refractivity contribution in [2.75, 3.05) is 12.8 Å². The topological polar surface area (TPSA) is 65.2 Å². The Morgan fingerprint density at radius 2 is 1.95 bits per heavy atom. The van der Waals surface area contributed by atoms with E-state index in [1.54, 1.807) is 24.3 Å². The first-order valence-corrected chi connectivity index (χ1v) is 6.08. The number of halogens is 2. The molecule has 0 aliphatic rings. The molecule has 19 heavy (non-hydrogen) atoms. The number of anilines is 1. The summed E-state index contributed by atoms with van der Waals surface area (Å²) in [5.74, 6) is -0.527. The fourth-order valence-corrected chi connectivity index (χ4v) is 1.86. The summed E-state index contributed by atoms with van der Waals surface area (Å²) >= 11 is 11.8. The van der Waals surface area contributed by atoms with E-state index in [-0.39, 0.29) is 5.69 Å². The molecule has 6 heteroatoms. The van der Waals surface area contributed by atoms with Gasteiger partial charge >= 0.3 is 5.97 Å². The van der Waals surface area contributed by atoms with Crippen molar-refractivity contribution in [2.24, 2.45) is 0 Å². The Balaban J connectivity index is 2.54. The van der Waals surface area contributed by atoms with Gasteiger partial charge in [0.25, 0.3) is 0 Å². The molecule has 0 saturated heterocycles. The fraction of sp³-hybridized carbons (Fsp3) is 0.0769. The largest absolute Gasteiger partial charge is 0.464 e. The van der Waals surface area contributed by atoms with Gasteiger partial charge in [0.2, 0.25) is 0 Å². The van der Waals surface area contributed by atoms with Crippen LogP contribution in [0, 0.1) is 0 Å². The number of hydrogen-bond donors (Lipinski definition) is 1. The molecule has 2 aromatic rings. The molecule has 1 aromatic heterocycles. The van der Waals surface area contributed by atoms with Crippen LogP contribution in [0.15, 0.2) is 30.3 Å². The number of ether oxygens (including phenoxy) is 1. The van der Waals surface area contributed by atoms with E-state index in [4.69, 9.17) is 28.9 Å². The van der Waals surface area contributed by atoms with Crippen molar-refractivity contribution >= 4 is 34.9 Å². The highest BCUT2D eigenvalue weighted by Gasteiger charge is 2.12. The number of pyridine rings is 1. The predicted octanol–water partition coefficient (Wildman–Crippen LogP) is 3.42. The van der Waals surface area contributed by atoms with E-state index in [2.05, 4.69) is 9.72 Å². The Hall–Kier alpha value is -1.78. The number of nitrogens with two attached hydrogens (primary N) is 1. The summed E-state index contributed by atoms with van der Waals surface area (Å²) < 4.78 is 4.62. The van der Waals surface area contributed by atoms with Gasteiger partial charge in [0.15, 0.2) is 0 Å². The van der Waals surface area contributed by atoms with Crippen LogP contribution in [-0.4, -0.2) is 18.1 Å². The smallest absolute Gasteiger partial charge is 0.356 e. The van der Waals surface area contributed by atoms with Crippen LogP contribution in [0.5, 0.6) is 0 Å². The minimum absolute atomic E-state index is 0.178. The van der Waals surface area contributed by atoms with Crippen LogP contribution in [0.1, 0.15) is 10.5 Å². The van der Waals surface area contributed by atoms with E-state index >= 15 is 0 Å². The molecule has 98 valence electrons. The zero-order chi connectivity index (χ0) is 14.0. The van der Waals surface area contributed by atoms with Gasteiger partial charge in [0.05, 0.1) is 28.5 Å².